The van der Waals surface area contributed by atoms with Crippen molar-refractivity contribution >= 4 is 11.6 Å². The summed E-state index contributed by atoms with van der Waals surface area (Å²) in [6, 6.07) is 4.59. The van der Waals surface area contributed by atoms with Crippen molar-refractivity contribution in [1.82, 2.24) is 10.2 Å². The molecule has 5 nitrogen and oxygen atoms in total. The highest BCUT2D eigenvalue weighted by Gasteiger charge is 2.29. The summed E-state index contributed by atoms with van der Waals surface area (Å²) in [7, 11) is 0. The number of hydrogen-bond donors (Lipinski definition) is 2. The van der Waals surface area contributed by atoms with Crippen molar-refractivity contribution in [2.45, 2.75) is 6.18 Å². The second-order valence-corrected chi connectivity index (χ2v) is 5.23. The Bertz CT molecular complexity index is 500. The molecule has 1 heterocycles. The quantitative estimate of drug-likeness (QED) is 0.831. The number of carbonyl (C=O) groups excluding carboxylic acids is 1. The van der Waals surface area contributed by atoms with Crippen LogP contribution in [0.2, 0.25) is 0 Å². The topological polar surface area (TPSA) is 53.6 Å². The first kappa shape index (κ1) is 17.6. The number of halogens is 3. The van der Waals surface area contributed by atoms with Crippen LogP contribution in [0.15, 0.2) is 24.3 Å². The van der Waals surface area contributed by atoms with Gasteiger partial charge < -0.3 is 15.4 Å². The Hall–Kier alpha value is -1.80. The van der Waals surface area contributed by atoms with Crippen LogP contribution in [-0.2, 0) is 15.7 Å². The van der Waals surface area contributed by atoms with Gasteiger partial charge in [0.25, 0.3) is 0 Å². The van der Waals surface area contributed by atoms with Gasteiger partial charge in [0.2, 0.25) is 5.91 Å². The van der Waals surface area contributed by atoms with Crippen LogP contribution in [0.3, 0.4) is 0 Å². The summed E-state index contributed by atoms with van der Waals surface area (Å²) in [4.78, 5) is 13.9. The maximum Gasteiger partial charge on any atom is 0.416 e. The summed E-state index contributed by atoms with van der Waals surface area (Å²) in [6.45, 7) is 4.46. The Kier molecular flexibility index (Phi) is 6.23. The van der Waals surface area contributed by atoms with Gasteiger partial charge in [0.05, 0.1) is 25.3 Å². The Labute approximate surface area is 132 Å². The molecule has 0 aliphatic carbocycles. The summed E-state index contributed by atoms with van der Waals surface area (Å²) < 4.78 is 42.5. The van der Waals surface area contributed by atoms with Gasteiger partial charge in [-0.25, -0.2) is 0 Å². The van der Waals surface area contributed by atoms with E-state index in [1.807, 2.05) is 0 Å². The fourth-order valence-electron chi connectivity index (χ4n) is 2.20. The van der Waals surface area contributed by atoms with E-state index in [1.54, 1.807) is 0 Å². The molecule has 0 saturated carbocycles. The zero-order valence-corrected chi connectivity index (χ0v) is 12.7. The molecule has 0 radical (unpaired) electrons. The number of nitrogens with zero attached hydrogens (tertiary/aromatic N) is 1. The minimum Gasteiger partial charge on any atom is -0.379 e. The highest BCUT2D eigenvalue weighted by molar-refractivity contribution is 5.80. The molecule has 1 fully saturated rings. The minimum absolute atomic E-state index is 0.0223. The van der Waals surface area contributed by atoms with Crippen LogP contribution in [-0.4, -0.2) is 56.7 Å². The van der Waals surface area contributed by atoms with E-state index in [4.69, 9.17) is 4.74 Å². The molecule has 1 aromatic rings. The van der Waals surface area contributed by atoms with Gasteiger partial charge in [0.1, 0.15) is 0 Å². The number of ether oxygens (including phenoxy) is 1. The SMILES string of the molecule is O=C(CNc1ccc(C(F)(F)F)cc1)NCCN1CCOCC1. The molecule has 2 N–H and O–H groups in total. The standard InChI is InChI=1S/C15H20F3N3O2/c16-15(17,18)12-1-3-13(4-2-12)20-11-14(22)19-5-6-21-7-9-23-10-8-21/h1-4,20H,5-11H2,(H,19,22). The summed E-state index contributed by atoms with van der Waals surface area (Å²) in [5.74, 6) is -0.196. The molecule has 0 aromatic heterocycles. The van der Waals surface area contributed by atoms with E-state index in [9.17, 15) is 18.0 Å². The summed E-state index contributed by atoms with van der Waals surface area (Å²) in [5.41, 5.74) is -0.237. The number of amides is 1. The number of rotatable bonds is 6. The van der Waals surface area contributed by atoms with Crippen molar-refractivity contribution in [3.05, 3.63) is 29.8 Å². The zero-order valence-electron chi connectivity index (χ0n) is 12.7. The zero-order chi connectivity index (χ0) is 16.7. The molecule has 128 valence electrons. The molecular formula is C15H20F3N3O2. The van der Waals surface area contributed by atoms with Crippen molar-refractivity contribution in [3.63, 3.8) is 0 Å². The van der Waals surface area contributed by atoms with Gasteiger partial charge in [-0.15, -0.1) is 0 Å². The van der Waals surface area contributed by atoms with Crippen LogP contribution in [0.4, 0.5) is 18.9 Å². The summed E-state index contributed by atoms with van der Waals surface area (Å²) >= 11 is 0. The molecule has 1 aliphatic heterocycles. The van der Waals surface area contributed by atoms with E-state index < -0.39 is 11.7 Å². The van der Waals surface area contributed by atoms with Crippen molar-refractivity contribution < 1.29 is 22.7 Å². The third-order valence-electron chi connectivity index (χ3n) is 3.52. The van der Waals surface area contributed by atoms with Gasteiger partial charge in [-0.1, -0.05) is 0 Å². The molecule has 1 aromatic carbocycles. The molecule has 1 aliphatic rings. The number of morpholine rings is 1. The molecule has 8 heteroatoms. The smallest absolute Gasteiger partial charge is 0.379 e. The molecule has 23 heavy (non-hydrogen) atoms. The van der Waals surface area contributed by atoms with Gasteiger partial charge >= 0.3 is 6.18 Å². The van der Waals surface area contributed by atoms with Crippen LogP contribution in [0, 0.1) is 0 Å². The molecule has 1 amide bonds. The van der Waals surface area contributed by atoms with E-state index in [-0.39, 0.29) is 12.5 Å². The second-order valence-electron chi connectivity index (χ2n) is 5.23. The molecule has 0 spiro atoms. The monoisotopic (exact) mass is 331 g/mol. The molecule has 0 bridgehead atoms. The average molecular weight is 331 g/mol. The highest BCUT2D eigenvalue weighted by atomic mass is 19.4. The largest absolute Gasteiger partial charge is 0.416 e. The molecule has 0 atom stereocenters. The minimum atomic E-state index is -4.35. The maximum atomic E-state index is 12.4. The fourth-order valence-corrected chi connectivity index (χ4v) is 2.20. The van der Waals surface area contributed by atoms with E-state index in [0.29, 0.717) is 25.4 Å². The first-order valence-corrected chi connectivity index (χ1v) is 7.43. The molecule has 0 unspecified atom stereocenters. The van der Waals surface area contributed by atoms with Gasteiger partial charge in [0, 0.05) is 31.9 Å². The molecular weight excluding hydrogens is 311 g/mol. The van der Waals surface area contributed by atoms with E-state index >= 15 is 0 Å². The highest BCUT2D eigenvalue weighted by Crippen LogP contribution is 2.29. The van der Waals surface area contributed by atoms with E-state index in [1.165, 1.54) is 12.1 Å². The first-order valence-electron chi connectivity index (χ1n) is 7.43. The van der Waals surface area contributed by atoms with Gasteiger partial charge in [0.15, 0.2) is 0 Å². The van der Waals surface area contributed by atoms with Crippen molar-refractivity contribution in [3.8, 4) is 0 Å². The predicted octanol–water partition coefficient (Wildman–Crippen LogP) is 1.57. The Morgan fingerprint density at radius 1 is 1.17 bits per heavy atom. The lowest BCUT2D eigenvalue weighted by Gasteiger charge is -2.26. The number of alkyl halides is 3. The lowest BCUT2D eigenvalue weighted by Crippen LogP contribution is -2.42. The maximum absolute atomic E-state index is 12.4. The number of nitrogens with one attached hydrogen (secondary N) is 2. The predicted molar refractivity (Wildman–Crippen MR) is 80.2 cm³/mol. The van der Waals surface area contributed by atoms with Gasteiger partial charge in [-0.2, -0.15) is 13.2 Å². The number of hydrogen-bond acceptors (Lipinski definition) is 4. The van der Waals surface area contributed by atoms with Crippen LogP contribution < -0.4 is 10.6 Å². The first-order chi connectivity index (χ1) is 10.9. The van der Waals surface area contributed by atoms with Gasteiger partial charge in [-0.3, -0.25) is 9.69 Å². The van der Waals surface area contributed by atoms with Crippen LogP contribution in [0.1, 0.15) is 5.56 Å². The number of benzene rings is 1. The normalized spacial score (nSPS) is 16.1. The van der Waals surface area contributed by atoms with Crippen molar-refractivity contribution in [2.24, 2.45) is 0 Å². The third-order valence-corrected chi connectivity index (χ3v) is 3.52. The van der Waals surface area contributed by atoms with Crippen LogP contribution in [0.5, 0.6) is 0 Å². The van der Waals surface area contributed by atoms with Crippen molar-refractivity contribution in [2.75, 3.05) is 51.3 Å². The van der Waals surface area contributed by atoms with Crippen LogP contribution in [0.25, 0.3) is 0 Å². The number of carbonyl (C=O) groups is 1. The van der Waals surface area contributed by atoms with Crippen molar-refractivity contribution in [1.29, 1.82) is 0 Å². The second kappa shape index (κ2) is 8.16. The summed E-state index contributed by atoms with van der Waals surface area (Å²) in [6.07, 6.45) is -4.35. The number of anilines is 1. The van der Waals surface area contributed by atoms with Crippen LogP contribution >= 0.6 is 0 Å². The third kappa shape index (κ3) is 6.07. The molecule has 1 saturated heterocycles. The Morgan fingerprint density at radius 3 is 2.43 bits per heavy atom. The van der Waals surface area contributed by atoms with E-state index in [2.05, 4.69) is 15.5 Å². The molecule has 2 rings (SSSR count). The fraction of sp³-hybridized carbons (Fsp3) is 0.533. The summed E-state index contributed by atoms with van der Waals surface area (Å²) in [5, 5.41) is 5.57. The van der Waals surface area contributed by atoms with E-state index in [0.717, 1.165) is 31.8 Å². The van der Waals surface area contributed by atoms with Gasteiger partial charge in [-0.05, 0) is 24.3 Å². The lowest BCUT2D eigenvalue weighted by atomic mass is 10.2. The Balaban J connectivity index is 1.65. The lowest BCUT2D eigenvalue weighted by molar-refractivity contribution is -0.137. The average Bonchev–Trinajstić information content (AvgIpc) is 2.53. The Morgan fingerprint density at radius 2 is 1.83 bits per heavy atom.